The Bertz CT molecular complexity index is 817. The third kappa shape index (κ3) is 4.66. The number of unbranched alkanes of at least 4 members (excludes halogenated alkanes) is 1. The number of rotatable bonds is 7. The second-order valence-corrected chi connectivity index (χ2v) is 9.04. The Balaban J connectivity index is 1.54. The fraction of sp³-hybridized carbons (Fsp3) is 0.478. The summed E-state index contributed by atoms with van der Waals surface area (Å²) in [4.78, 5) is 0.636. The van der Waals surface area contributed by atoms with Crippen LogP contribution in [-0.4, -0.2) is 52.4 Å². The van der Waals surface area contributed by atoms with Crippen LogP contribution >= 0.6 is 0 Å². The van der Waals surface area contributed by atoms with E-state index in [9.17, 15) is 9.32 Å². The topological polar surface area (TPSA) is 74.2 Å². The molecule has 30 heavy (non-hydrogen) atoms. The highest BCUT2D eigenvalue weighted by atomic mass is 32.2. The molecule has 2 fully saturated rings. The Kier molecular flexibility index (Phi) is 7.30. The SMILES string of the molecule is CCCCOC1C(O)[C@@H]2OC(c3ccccc3)OCC2O[C@@H]1S(=O)c1ccccc1. The van der Waals surface area contributed by atoms with E-state index in [0.29, 0.717) is 11.5 Å². The maximum atomic E-state index is 13.3. The van der Waals surface area contributed by atoms with E-state index in [2.05, 4.69) is 6.92 Å². The molecule has 2 aliphatic heterocycles. The van der Waals surface area contributed by atoms with Gasteiger partial charge in [0.15, 0.2) is 11.7 Å². The molecule has 2 aliphatic rings. The molecule has 0 spiro atoms. The number of fused-ring (bicyclic) bond motifs is 1. The average molecular weight is 433 g/mol. The molecule has 2 heterocycles. The normalized spacial score (nSPS) is 32.3. The minimum Gasteiger partial charge on any atom is -0.387 e. The molecule has 0 saturated carbocycles. The largest absolute Gasteiger partial charge is 0.387 e. The first-order valence-electron chi connectivity index (χ1n) is 10.4. The quantitative estimate of drug-likeness (QED) is 0.678. The molecule has 0 aromatic heterocycles. The van der Waals surface area contributed by atoms with E-state index in [1.165, 1.54) is 0 Å². The Morgan fingerprint density at radius 3 is 2.47 bits per heavy atom. The van der Waals surface area contributed by atoms with Crippen LogP contribution in [0, 0.1) is 0 Å². The Labute approximate surface area is 179 Å². The van der Waals surface area contributed by atoms with Crippen molar-refractivity contribution in [3.05, 3.63) is 66.2 Å². The van der Waals surface area contributed by atoms with Gasteiger partial charge in [0.2, 0.25) is 0 Å². The number of benzene rings is 2. The molecular weight excluding hydrogens is 404 g/mol. The second kappa shape index (κ2) is 10.1. The van der Waals surface area contributed by atoms with Gasteiger partial charge in [-0.25, -0.2) is 0 Å². The highest BCUT2D eigenvalue weighted by Gasteiger charge is 2.51. The van der Waals surface area contributed by atoms with Crippen LogP contribution in [0.5, 0.6) is 0 Å². The van der Waals surface area contributed by atoms with Crippen LogP contribution in [0.2, 0.25) is 0 Å². The standard InChI is InChI=1S/C23H28O6S/c1-2-3-14-26-21-19(24)20-18(15-27-22(29-20)16-10-6-4-7-11-16)28-23(21)30(25)17-12-8-5-9-13-17/h4-13,18-24H,2-3,14-15H2,1H3/t18?,19?,20-,21?,22?,23-,30?/m1/s1. The van der Waals surface area contributed by atoms with E-state index in [1.807, 2.05) is 48.5 Å². The molecule has 0 bridgehead atoms. The predicted molar refractivity (Wildman–Crippen MR) is 112 cm³/mol. The van der Waals surface area contributed by atoms with Crippen LogP contribution in [-0.2, 0) is 29.7 Å². The molecule has 0 radical (unpaired) electrons. The second-order valence-electron chi connectivity index (χ2n) is 7.51. The van der Waals surface area contributed by atoms with E-state index in [0.717, 1.165) is 18.4 Å². The van der Waals surface area contributed by atoms with Gasteiger partial charge in [0, 0.05) is 17.1 Å². The molecule has 2 saturated heterocycles. The summed E-state index contributed by atoms with van der Waals surface area (Å²) in [6.45, 7) is 2.77. The summed E-state index contributed by atoms with van der Waals surface area (Å²) >= 11 is 0. The van der Waals surface area contributed by atoms with Crippen LogP contribution in [0.3, 0.4) is 0 Å². The lowest BCUT2D eigenvalue weighted by molar-refractivity contribution is -0.322. The maximum Gasteiger partial charge on any atom is 0.184 e. The minimum absolute atomic E-state index is 0.242. The molecule has 6 nitrogen and oxygen atoms in total. The highest BCUT2D eigenvalue weighted by Crippen LogP contribution is 2.36. The summed E-state index contributed by atoms with van der Waals surface area (Å²) in [5.74, 6) is 0. The van der Waals surface area contributed by atoms with Gasteiger partial charge in [-0.05, 0) is 18.6 Å². The fourth-order valence-corrected chi connectivity index (χ4v) is 5.17. The summed E-state index contributed by atoms with van der Waals surface area (Å²) in [7, 11) is -1.50. The third-order valence-electron chi connectivity index (χ3n) is 5.38. The number of hydrogen-bond acceptors (Lipinski definition) is 6. The van der Waals surface area contributed by atoms with Crippen LogP contribution < -0.4 is 0 Å². The van der Waals surface area contributed by atoms with Crippen molar-refractivity contribution in [3.8, 4) is 0 Å². The number of hydrogen-bond donors (Lipinski definition) is 1. The van der Waals surface area contributed by atoms with Gasteiger partial charge in [0.05, 0.1) is 17.4 Å². The van der Waals surface area contributed by atoms with Gasteiger partial charge >= 0.3 is 0 Å². The summed E-state index contributed by atoms with van der Waals surface area (Å²) < 4.78 is 37.4. The highest BCUT2D eigenvalue weighted by molar-refractivity contribution is 7.85. The van der Waals surface area contributed by atoms with E-state index >= 15 is 0 Å². The van der Waals surface area contributed by atoms with Crippen LogP contribution in [0.4, 0.5) is 0 Å². The molecular formula is C23H28O6S. The van der Waals surface area contributed by atoms with E-state index in [-0.39, 0.29) is 6.61 Å². The molecule has 7 heteroatoms. The lowest BCUT2D eigenvalue weighted by atomic mass is 9.98. The minimum atomic E-state index is -1.50. The molecule has 1 N–H and O–H groups in total. The molecule has 2 aromatic carbocycles. The number of aliphatic hydroxyl groups excluding tert-OH is 1. The first-order valence-corrected chi connectivity index (χ1v) is 11.6. The van der Waals surface area contributed by atoms with Crippen molar-refractivity contribution >= 4 is 10.8 Å². The Hall–Kier alpha value is -1.61. The van der Waals surface area contributed by atoms with Gasteiger partial charge in [-0.1, -0.05) is 61.9 Å². The van der Waals surface area contributed by atoms with Gasteiger partial charge in [-0.3, -0.25) is 4.21 Å². The molecule has 2 aromatic rings. The zero-order valence-corrected chi connectivity index (χ0v) is 17.8. The van der Waals surface area contributed by atoms with Gasteiger partial charge < -0.3 is 24.1 Å². The molecule has 5 unspecified atom stereocenters. The van der Waals surface area contributed by atoms with Gasteiger partial charge in [0.25, 0.3) is 0 Å². The summed E-state index contributed by atoms with van der Waals surface area (Å²) in [6, 6.07) is 18.7. The van der Waals surface area contributed by atoms with Gasteiger partial charge in [-0.15, -0.1) is 0 Å². The van der Waals surface area contributed by atoms with Crippen molar-refractivity contribution in [1.82, 2.24) is 0 Å². The predicted octanol–water partition coefficient (Wildman–Crippen LogP) is 3.18. The van der Waals surface area contributed by atoms with Crippen molar-refractivity contribution in [2.45, 2.75) is 60.8 Å². The van der Waals surface area contributed by atoms with Crippen molar-refractivity contribution in [2.75, 3.05) is 13.2 Å². The van der Waals surface area contributed by atoms with Crippen molar-refractivity contribution in [1.29, 1.82) is 0 Å². The van der Waals surface area contributed by atoms with Crippen LogP contribution in [0.1, 0.15) is 31.6 Å². The lowest BCUT2D eigenvalue weighted by Gasteiger charge is -2.47. The van der Waals surface area contributed by atoms with Gasteiger partial charge in [0.1, 0.15) is 24.4 Å². The van der Waals surface area contributed by atoms with Crippen LogP contribution in [0.25, 0.3) is 0 Å². The first-order chi connectivity index (χ1) is 14.7. The Morgan fingerprint density at radius 2 is 1.77 bits per heavy atom. The van der Waals surface area contributed by atoms with Crippen molar-refractivity contribution < 1.29 is 28.3 Å². The average Bonchev–Trinajstić information content (AvgIpc) is 2.81. The molecule has 7 atom stereocenters. The van der Waals surface area contributed by atoms with Gasteiger partial charge in [-0.2, -0.15) is 0 Å². The van der Waals surface area contributed by atoms with Crippen LogP contribution in [0.15, 0.2) is 65.6 Å². The van der Waals surface area contributed by atoms with Crippen molar-refractivity contribution in [3.63, 3.8) is 0 Å². The Morgan fingerprint density at radius 1 is 1.07 bits per heavy atom. The molecule has 162 valence electrons. The van der Waals surface area contributed by atoms with E-state index in [1.54, 1.807) is 12.1 Å². The molecule has 0 aliphatic carbocycles. The smallest absolute Gasteiger partial charge is 0.184 e. The van der Waals surface area contributed by atoms with E-state index in [4.69, 9.17) is 18.9 Å². The third-order valence-corrected chi connectivity index (χ3v) is 6.91. The van der Waals surface area contributed by atoms with Crippen molar-refractivity contribution in [2.24, 2.45) is 0 Å². The summed E-state index contributed by atoms with van der Waals surface area (Å²) in [6.07, 6.45) is -1.66. The summed E-state index contributed by atoms with van der Waals surface area (Å²) in [5, 5.41) is 11.2. The zero-order chi connectivity index (χ0) is 20.9. The number of aliphatic hydroxyl groups is 1. The fourth-order valence-electron chi connectivity index (χ4n) is 3.75. The molecule has 4 rings (SSSR count). The van der Waals surface area contributed by atoms with E-state index < -0.39 is 46.9 Å². The molecule has 0 amide bonds. The zero-order valence-electron chi connectivity index (χ0n) is 17.0. The monoisotopic (exact) mass is 432 g/mol. The first kappa shape index (κ1) is 21.6. The summed E-state index contributed by atoms with van der Waals surface area (Å²) in [5.41, 5.74) is 0.0718. The maximum absolute atomic E-state index is 13.3. The lowest BCUT2D eigenvalue weighted by Crippen LogP contribution is -2.63. The number of ether oxygens (including phenoxy) is 4.